The second-order valence-corrected chi connectivity index (χ2v) is 6.50. The van der Waals surface area contributed by atoms with Gasteiger partial charge in [0, 0.05) is 24.1 Å². The van der Waals surface area contributed by atoms with Gasteiger partial charge >= 0.3 is 0 Å². The molecule has 2 N–H and O–H groups in total. The topological polar surface area (TPSA) is 32.5 Å². The zero-order valence-electron chi connectivity index (χ0n) is 12.2. The molecule has 0 aromatic heterocycles. The number of nitrogens with zero attached hydrogens (tertiary/aromatic N) is 2. The van der Waals surface area contributed by atoms with E-state index in [1.165, 1.54) is 5.56 Å². The van der Waals surface area contributed by atoms with Crippen LogP contribution in [0.1, 0.15) is 11.6 Å². The predicted molar refractivity (Wildman–Crippen MR) is 92.6 cm³/mol. The second kappa shape index (κ2) is 6.08. The fraction of sp³-hybridized carbons (Fsp3) is 0.294. The fourth-order valence-electron chi connectivity index (χ4n) is 2.93. The van der Waals surface area contributed by atoms with Crippen LogP contribution in [-0.2, 0) is 0 Å². The maximum atomic E-state index is 6.22. The number of nitrogen functional groups attached to an aromatic ring is 1. The number of piperazine rings is 1. The Kier molecular flexibility index (Phi) is 4.17. The van der Waals surface area contributed by atoms with Crippen LogP contribution in [0.2, 0.25) is 0 Å². The van der Waals surface area contributed by atoms with E-state index in [1.54, 1.807) is 0 Å². The van der Waals surface area contributed by atoms with Crippen LogP contribution in [0, 0.1) is 0 Å². The first-order chi connectivity index (χ1) is 10.1. The van der Waals surface area contributed by atoms with Crippen molar-refractivity contribution in [3.63, 3.8) is 0 Å². The van der Waals surface area contributed by atoms with E-state index in [1.807, 2.05) is 12.1 Å². The molecule has 1 aliphatic rings. The van der Waals surface area contributed by atoms with Gasteiger partial charge in [0.05, 0.1) is 17.4 Å². The molecule has 21 heavy (non-hydrogen) atoms. The molecule has 0 amide bonds. The standard InChI is InChI=1S/C17H20BrN3/c1-20-9-10-21(16-11-14(18)7-8-15(16)19)17(12-20)13-5-3-2-4-6-13/h2-8,11,17H,9-10,12,19H2,1H3. The molecule has 1 atom stereocenters. The lowest BCUT2D eigenvalue weighted by Crippen LogP contribution is -2.47. The van der Waals surface area contributed by atoms with Gasteiger partial charge in [0.1, 0.15) is 0 Å². The Morgan fingerprint density at radius 1 is 1.10 bits per heavy atom. The zero-order chi connectivity index (χ0) is 14.8. The molecule has 0 spiro atoms. The first-order valence-electron chi connectivity index (χ1n) is 7.20. The van der Waals surface area contributed by atoms with Crippen molar-refractivity contribution in [3.8, 4) is 0 Å². The van der Waals surface area contributed by atoms with E-state index in [9.17, 15) is 0 Å². The van der Waals surface area contributed by atoms with Crippen LogP contribution in [-0.4, -0.2) is 31.6 Å². The monoisotopic (exact) mass is 345 g/mol. The third-order valence-electron chi connectivity index (χ3n) is 4.07. The van der Waals surface area contributed by atoms with E-state index >= 15 is 0 Å². The Morgan fingerprint density at radius 2 is 1.86 bits per heavy atom. The number of nitrogens with two attached hydrogens (primary N) is 1. The summed E-state index contributed by atoms with van der Waals surface area (Å²) in [7, 11) is 2.18. The van der Waals surface area contributed by atoms with Gasteiger partial charge in [-0.2, -0.15) is 0 Å². The highest BCUT2D eigenvalue weighted by atomic mass is 79.9. The number of rotatable bonds is 2. The molecule has 4 heteroatoms. The Balaban J connectivity index is 2.00. The summed E-state index contributed by atoms with van der Waals surface area (Å²) in [4.78, 5) is 4.80. The third kappa shape index (κ3) is 3.06. The van der Waals surface area contributed by atoms with Crippen LogP contribution in [0.5, 0.6) is 0 Å². The van der Waals surface area contributed by atoms with Crippen molar-refractivity contribution in [2.75, 3.05) is 37.3 Å². The Hall–Kier alpha value is -1.52. The van der Waals surface area contributed by atoms with Gasteiger partial charge in [0.25, 0.3) is 0 Å². The fourth-order valence-corrected chi connectivity index (χ4v) is 3.28. The molecule has 110 valence electrons. The molecular weight excluding hydrogens is 326 g/mol. The van der Waals surface area contributed by atoms with Crippen LogP contribution >= 0.6 is 15.9 Å². The molecule has 0 aliphatic carbocycles. The molecule has 0 saturated carbocycles. The normalized spacial score (nSPS) is 19.7. The number of hydrogen-bond donors (Lipinski definition) is 1. The minimum Gasteiger partial charge on any atom is -0.397 e. The summed E-state index contributed by atoms with van der Waals surface area (Å²) in [6.45, 7) is 3.04. The average molecular weight is 346 g/mol. The largest absolute Gasteiger partial charge is 0.397 e. The molecule has 0 radical (unpaired) electrons. The summed E-state index contributed by atoms with van der Waals surface area (Å²) in [5.74, 6) is 0. The molecular formula is C17H20BrN3. The highest BCUT2D eigenvalue weighted by Gasteiger charge is 2.27. The van der Waals surface area contributed by atoms with Crippen LogP contribution in [0.25, 0.3) is 0 Å². The summed E-state index contributed by atoms with van der Waals surface area (Å²) in [5.41, 5.74) is 9.51. The predicted octanol–water partition coefficient (Wildman–Crippen LogP) is 3.52. The number of hydrogen-bond acceptors (Lipinski definition) is 3. The average Bonchev–Trinajstić information content (AvgIpc) is 2.51. The second-order valence-electron chi connectivity index (χ2n) is 5.59. The number of anilines is 2. The maximum Gasteiger partial charge on any atom is 0.0670 e. The van der Waals surface area contributed by atoms with Crippen molar-refractivity contribution in [2.24, 2.45) is 0 Å². The molecule has 2 aromatic rings. The summed E-state index contributed by atoms with van der Waals surface area (Å²) in [6.07, 6.45) is 0. The molecule has 1 heterocycles. The van der Waals surface area contributed by atoms with E-state index < -0.39 is 0 Å². The highest BCUT2D eigenvalue weighted by molar-refractivity contribution is 9.10. The van der Waals surface area contributed by atoms with Gasteiger partial charge in [-0.05, 0) is 30.8 Å². The molecule has 3 nitrogen and oxygen atoms in total. The first-order valence-corrected chi connectivity index (χ1v) is 7.99. The van der Waals surface area contributed by atoms with Gasteiger partial charge in [-0.15, -0.1) is 0 Å². The van der Waals surface area contributed by atoms with Gasteiger partial charge in [-0.25, -0.2) is 0 Å². The molecule has 2 aromatic carbocycles. The smallest absolute Gasteiger partial charge is 0.0670 e. The Bertz CT molecular complexity index is 615. The highest BCUT2D eigenvalue weighted by Crippen LogP contribution is 2.35. The molecule has 1 unspecified atom stereocenters. The number of benzene rings is 2. The Morgan fingerprint density at radius 3 is 2.62 bits per heavy atom. The van der Waals surface area contributed by atoms with E-state index in [4.69, 9.17) is 5.73 Å². The minimum atomic E-state index is 0.335. The summed E-state index contributed by atoms with van der Waals surface area (Å²) < 4.78 is 1.07. The Labute approximate surface area is 134 Å². The van der Waals surface area contributed by atoms with Gasteiger partial charge in [0.15, 0.2) is 0 Å². The third-order valence-corrected chi connectivity index (χ3v) is 4.56. The van der Waals surface area contributed by atoms with E-state index in [0.717, 1.165) is 35.5 Å². The quantitative estimate of drug-likeness (QED) is 0.845. The lowest BCUT2D eigenvalue weighted by Gasteiger charge is -2.42. The van der Waals surface area contributed by atoms with Gasteiger partial charge < -0.3 is 15.5 Å². The van der Waals surface area contributed by atoms with Crippen LogP contribution in [0.3, 0.4) is 0 Å². The SMILES string of the molecule is CN1CCN(c2cc(Br)ccc2N)C(c2ccccc2)C1. The van der Waals surface area contributed by atoms with Crippen molar-refractivity contribution in [2.45, 2.75) is 6.04 Å². The molecule has 1 fully saturated rings. The van der Waals surface area contributed by atoms with Crippen molar-refractivity contribution < 1.29 is 0 Å². The molecule has 1 aliphatic heterocycles. The minimum absolute atomic E-state index is 0.335. The van der Waals surface area contributed by atoms with Crippen molar-refractivity contribution >= 4 is 27.3 Å². The van der Waals surface area contributed by atoms with Crippen LogP contribution in [0.4, 0.5) is 11.4 Å². The molecule has 3 rings (SSSR count). The number of halogens is 1. The summed E-state index contributed by atoms with van der Waals surface area (Å²) >= 11 is 3.56. The summed E-state index contributed by atoms with van der Waals surface area (Å²) in [5, 5.41) is 0. The van der Waals surface area contributed by atoms with Crippen molar-refractivity contribution in [1.82, 2.24) is 4.90 Å². The summed E-state index contributed by atoms with van der Waals surface area (Å²) in [6, 6.07) is 17.1. The van der Waals surface area contributed by atoms with Crippen LogP contribution < -0.4 is 10.6 Å². The van der Waals surface area contributed by atoms with Gasteiger partial charge in [-0.3, -0.25) is 0 Å². The van der Waals surface area contributed by atoms with E-state index in [0.29, 0.717) is 6.04 Å². The van der Waals surface area contributed by atoms with Crippen molar-refractivity contribution in [3.05, 3.63) is 58.6 Å². The van der Waals surface area contributed by atoms with E-state index in [-0.39, 0.29) is 0 Å². The van der Waals surface area contributed by atoms with E-state index in [2.05, 4.69) is 69.2 Å². The molecule has 0 bridgehead atoms. The van der Waals surface area contributed by atoms with Crippen molar-refractivity contribution in [1.29, 1.82) is 0 Å². The lowest BCUT2D eigenvalue weighted by atomic mass is 10.0. The first kappa shape index (κ1) is 14.4. The molecule has 1 saturated heterocycles. The maximum absolute atomic E-state index is 6.22. The van der Waals surface area contributed by atoms with Crippen LogP contribution in [0.15, 0.2) is 53.0 Å². The zero-order valence-corrected chi connectivity index (χ0v) is 13.8. The van der Waals surface area contributed by atoms with Gasteiger partial charge in [-0.1, -0.05) is 46.3 Å². The number of likely N-dealkylation sites (N-methyl/N-ethyl adjacent to an activating group) is 1. The lowest BCUT2D eigenvalue weighted by molar-refractivity contribution is 0.269. The van der Waals surface area contributed by atoms with Gasteiger partial charge in [0.2, 0.25) is 0 Å².